The number of non-ortho nitro benzene ring substituents is 1. The molecule has 1 aliphatic carbocycles. The van der Waals surface area contributed by atoms with Gasteiger partial charge in [0.15, 0.2) is 5.96 Å². The molecule has 29 heavy (non-hydrogen) atoms. The number of alkyl halides is 3. The number of aliphatic imine (C=N–C) groups is 1. The van der Waals surface area contributed by atoms with Crippen LogP contribution in [0.2, 0.25) is 0 Å². The maximum Gasteiger partial charge on any atom is 0.391 e. The SMILES string of the molecule is CN=C(NCCCCc1ccc([N+](=O)[O-])cc1)NC1CCCC(C(F)(F)F)C1.I. The van der Waals surface area contributed by atoms with Crippen LogP contribution < -0.4 is 10.6 Å². The van der Waals surface area contributed by atoms with Crippen LogP contribution in [0.4, 0.5) is 18.9 Å². The number of nitro benzene ring substituents is 1. The number of rotatable bonds is 7. The lowest BCUT2D eigenvalue weighted by Gasteiger charge is -2.31. The smallest absolute Gasteiger partial charge is 0.356 e. The molecule has 0 bridgehead atoms. The first-order valence-corrected chi connectivity index (χ1v) is 9.57. The fourth-order valence-electron chi connectivity index (χ4n) is 3.45. The van der Waals surface area contributed by atoms with Gasteiger partial charge in [0.05, 0.1) is 10.8 Å². The molecule has 0 saturated heterocycles. The molecule has 164 valence electrons. The van der Waals surface area contributed by atoms with Crippen molar-refractivity contribution in [1.82, 2.24) is 10.6 Å². The van der Waals surface area contributed by atoms with Crippen LogP contribution >= 0.6 is 24.0 Å². The van der Waals surface area contributed by atoms with Crippen LogP contribution in [0, 0.1) is 16.0 Å². The summed E-state index contributed by atoms with van der Waals surface area (Å²) in [5.74, 6) is -0.707. The number of hydrogen-bond acceptors (Lipinski definition) is 3. The third kappa shape index (κ3) is 8.75. The van der Waals surface area contributed by atoms with E-state index in [0.717, 1.165) is 24.8 Å². The van der Waals surface area contributed by atoms with E-state index in [2.05, 4.69) is 15.6 Å². The lowest BCUT2D eigenvalue weighted by atomic mass is 9.85. The number of unbranched alkanes of at least 4 members (excludes halogenated alkanes) is 1. The summed E-state index contributed by atoms with van der Waals surface area (Å²) in [6.07, 6.45) is -0.00608. The Kier molecular flexibility index (Phi) is 10.7. The predicted molar refractivity (Wildman–Crippen MR) is 118 cm³/mol. The van der Waals surface area contributed by atoms with Crippen molar-refractivity contribution < 1.29 is 18.1 Å². The molecule has 0 heterocycles. The second kappa shape index (κ2) is 12.2. The first-order chi connectivity index (χ1) is 13.3. The fourth-order valence-corrected chi connectivity index (χ4v) is 3.45. The van der Waals surface area contributed by atoms with E-state index in [4.69, 9.17) is 0 Å². The van der Waals surface area contributed by atoms with Gasteiger partial charge < -0.3 is 10.6 Å². The van der Waals surface area contributed by atoms with E-state index < -0.39 is 17.0 Å². The Bertz CT molecular complexity index is 668. The van der Waals surface area contributed by atoms with Crippen LogP contribution in [0.15, 0.2) is 29.3 Å². The summed E-state index contributed by atoms with van der Waals surface area (Å²) in [6.45, 7) is 0.655. The molecular weight excluding hydrogens is 500 g/mol. The highest BCUT2D eigenvalue weighted by Gasteiger charge is 2.42. The Morgan fingerprint density at radius 3 is 2.52 bits per heavy atom. The predicted octanol–water partition coefficient (Wildman–Crippen LogP) is 4.82. The molecular formula is C19H28F3IN4O2. The van der Waals surface area contributed by atoms with Gasteiger partial charge in [0.25, 0.3) is 5.69 Å². The molecule has 0 radical (unpaired) electrons. The summed E-state index contributed by atoms with van der Waals surface area (Å²) in [6, 6.07) is 6.29. The van der Waals surface area contributed by atoms with E-state index in [9.17, 15) is 23.3 Å². The maximum atomic E-state index is 12.9. The molecule has 0 aliphatic heterocycles. The molecule has 1 saturated carbocycles. The van der Waals surface area contributed by atoms with Gasteiger partial charge in [0, 0.05) is 31.8 Å². The average Bonchev–Trinajstić information content (AvgIpc) is 2.66. The van der Waals surface area contributed by atoms with Gasteiger partial charge in [-0.1, -0.05) is 18.6 Å². The van der Waals surface area contributed by atoms with Crippen LogP contribution in [0.3, 0.4) is 0 Å². The van der Waals surface area contributed by atoms with Gasteiger partial charge in [-0.15, -0.1) is 24.0 Å². The lowest BCUT2D eigenvalue weighted by molar-refractivity contribution is -0.384. The molecule has 2 atom stereocenters. The lowest BCUT2D eigenvalue weighted by Crippen LogP contribution is -2.47. The van der Waals surface area contributed by atoms with E-state index in [1.165, 1.54) is 12.1 Å². The van der Waals surface area contributed by atoms with Crippen molar-refractivity contribution in [3.63, 3.8) is 0 Å². The molecule has 6 nitrogen and oxygen atoms in total. The van der Waals surface area contributed by atoms with E-state index in [-0.39, 0.29) is 48.5 Å². The number of nitro groups is 1. The van der Waals surface area contributed by atoms with Gasteiger partial charge >= 0.3 is 6.18 Å². The molecule has 10 heteroatoms. The molecule has 1 aromatic carbocycles. The zero-order valence-corrected chi connectivity index (χ0v) is 18.7. The van der Waals surface area contributed by atoms with Gasteiger partial charge in [-0.3, -0.25) is 15.1 Å². The summed E-state index contributed by atoms with van der Waals surface area (Å²) < 4.78 is 38.7. The monoisotopic (exact) mass is 528 g/mol. The van der Waals surface area contributed by atoms with E-state index in [1.54, 1.807) is 19.2 Å². The minimum Gasteiger partial charge on any atom is -0.356 e. The maximum absolute atomic E-state index is 12.9. The average molecular weight is 528 g/mol. The molecule has 2 rings (SSSR count). The molecule has 1 fully saturated rings. The number of aryl methyl sites for hydroxylation is 1. The largest absolute Gasteiger partial charge is 0.391 e. The first kappa shape index (κ1) is 25.4. The van der Waals surface area contributed by atoms with Gasteiger partial charge in [-0.05, 0) is 44.1 Å². The highest BCUT2D eigenvalue weighted by Crippen LogP contribution is 2.37. The Labute approximate surface area is 185 Å². The van der Waals surface area contributed by atoms with E-state index >= 15 is 0 Å². The topological polar surface area (TPSA) is 79.6 Å². The number of nitrogens with one attached hydrogen (secondary N) is 2. The van der Waals surface area contributed by atoms with Crippen LogP contribution in [0.5, 0.6) is 0 Å². The van der Waals surface area contributed by atoms with Crippen molar-refractivity contribution in [3.05, 3.63) is 39.9 Å². The van der Waals surface area contributed by atoms with Crippen molar-refractivity contribution in [2.75, 3.05) is 13.6 Å². The normalized spacial score (nSPS) is 19.9. The summed E-state index contributed by atoms with van der Waals surface area (Å²) >= 11 is 0. The minimum absolute atomic E-state index is 0. The van der Waals surface area contributed by atoms with Crippen LogP contribution in [0.1, 0.15) is 44.1 Å². The van der Waals surface area contributed by atoms with Crippen LogP contribution in [0.25, 0.3) is 0 Å². The number of nitrogens with zero attached hydrogens (tertiary/aromatic N) is 2. The molecule has 0 aromatic heterocycles. The zero-order valence-electron chi connectivity index (χ0n) is 16.4. The Morgan fingerprint density at radius 2 is 1.93 bits per heavy atom. The number of hydrogen-bond donors (Lipinski definition) is 2. The summed E-state index contributed by atoms with van der Waals surface area (Å²) in [4.78, 5) is 14.3. The highest BCUT2D eigenvalue weighted by molar-refractivity contribution is 14.0. The molecule has 1 aromatic rings. The summed E-state index contributed by atoms with van der Waals surface area (Å²) in [5.41, 5.74) is 1.12. The number of guanidine groups is 1. The minimum atomic E-state index is -4.13. The molecule has 2 N–H and O–H groups in total. The first-order valence-electron chi connectivity index (χ1n) is 9.57. The quantitative estimate of drug-likeness (QED) is 0.133. The van der Waals surface area contributed by atoms with Gasteiger partial charge in [0.2, 0.25) is 0 Å². The molecule has 0 spiro atoms. The van der Waals surface area contributed by atoms with Gasteiger partial charge in [-0.25, -0.2) is 0 Å². The number of halogens is 4. The standard InChI is InChI=1S/C19H27F3N4O2.HI/c1-23-18(25-16-7-4-6-15(13-16)19(20,21)22)24-12-3-2-5-14-8-10-17(11-9-14)26(27)28;/h8-11,15-16H,2-7,12-13H2,1H3,(H2,23,24,25);1H. The fraction of sp³-hybridized carbons (Fsp3) is 0.632. The second-order valence-corrected chi connectivity index (χ2v) is 7.13. The van der Waals surface area contributed by atoms with Crippen molar-refractivity contribution in [2.45, 2.75) is 57.2 Å². The highest BCUT2D eigenvalue weighted by atomic mass is 127. The van der Waals surface area contributed by atoms with Crippen molar-refractivity contribution >= 4 is 35.6 Å². The number of benzene rings is 1. The van der Waals surface area contributed by atoms with Crippen molar-refractivity contribution in [2.24, 2.45) is 10.9 Å². The van der Waals surface area contributed by atoms with E-state index in [1.807, 2.05) is 0 Å². The Hall–Kier alpha value is -1.59. The van der Waals surface area contributed by atoms with Crippen molar-refractivity contribution in [1.29, 1.82) is 0 Å². The van der Waals surface area contributed by atoms with Crippen LogP contribution in [-0.4, -0.2) is 36.7 Å². The third-order valence-corrected chi connectivity index (χ3v) is 5.03. The molecule has 0 amide bonds. The van der Waals surface area contributed by atoms with Gasteiger partial charge in [0.1, 0.15) is 0 Å². The summed E-state index contributed by atoms with van der Waals surface area (Å²) in [7, 11) is 1.61. The van der Waals surface area contributed by atoms with E-state index in [0.29, 0.717) is 25.3 Å². The second-order valence-electron chi connectivity index (χ2n) is 7.13. The van der Waals surface area contributed by atoms with Gasteiger partial charge in [-0.2, -0.15) is 13.2 Å². The molecule has 2 unspecified atom stereocenters. The summed E-state index contributed by atoms with van der Waals surface area (Å²) in [5, 5.41) is 16.9. The van der Waals surface area contributed by atoms with Crippen molar-refractivity contribution in [3.8, 4) is 0 Å². The Balaban J connectivity index is 0.00000420. The Morgan fingerprint density at radius 1 is 1.24 bits per heavy atom. The molecule has 1 aliphatic rings. The third-order valence-electron chi connectivity index (χ3n) is 5.03. The zero-order chi connectivity index (χ0) is 20.6. The van der Waals surface area contributed by atoms with Crippen LogP contribution in [-0.2, 0) is 6.42 Å².